The molecule has 0 aliphatic rings. The van der Waals surface area contributed by atoms with Crippen molar-refractivity contribution in [3.8, 4) is 0 Å². The van der Waals surface area contributed by atoms with Gasteiger partial charge in [-0.3, -0.25) is 0 Å². The Morgan fingerprint density at radius 3 is 2.62 bits per heavy atom. The number of alkyl halides is 2. The molecule has 0 fully saturated rings. The molecule has 1 heterocycles. The molecule has 2 nitrogen and oxygen atoms in total. The van der Waals surface area contributed by atoms with Crippen molar-refractivity contribution < 1.29 is 4.55 Å². The summed E-state index contributed by atoms with van der Waals surface area (Å²) >= 11 is 12.3. The maximum atomic E-state index is 10.9. The number of halogens is 2. The Labute approximate surface area is 110 Å². The van der Waals surface area contributed by atoms with Crippen LogP contribution in [0.3, 0.4) is 0 Å². The van der Waals surface area contributed by atoms with E-state index < -0.39 is 10.9 Å². The second-order valence-electron chi connectivity index (χ2n) is 3.87. The molecule has 0 aliphatic carbocycles. The van der Waals surface area contributed by atoms with Crippen molar-refractivity contribution in [2.45, 2.75) is 49.8 Å². The third-order valence-corrected chi connectivity index (χ3v) is 4.41. The lowest BCUT2D eigenvalue weighted by molar-refractivity contribution is 0.589. The van der Waals surface area contributed by atoms with Gasteiger partial charge in [0.05, 0.1) is 10.9 Å². The molecule has 0 saturated carbocycles. The van der Waals surface area contributed by atoms with Gasteiger partial charge in [0.1, 0.15) is 5.69 Å². The van der Waals surface area contributed by atoms with Crippen LogP contribution in [-0.2, 0) is 6.42 Å². The highest BCUT2D eigenvalue weighted by atomic mass is 35.5. The van der Waals surface area contributed by atoms with Gasteiger partial charge in [-0.15, -0.1) is 23.2 Å². The van der Waals surface area contributed by atoms with Crippen LogP contribution in [0.4, 0.5) is 0 Å². The van der Waals surface area contributed by atoms with Crippen LogP contribution in [0, 0.1) is 0 Å². The van der Waals surface area contributed by atoms with Crippen LogP contribution in [0.5, 0.6) is 0 Å². The second-order valence-corrected chi connectivity index (χ2v) is 6.00. The van der Waals surface area contributed by atoms with Crippen molar-refractivity contribution in [3.05, 3.63) is 17.1 Å². The summed E-state index contributed by atoms with van der Waals surface area (Å²) in [7, 11) is -1.13. The summed E-state index contributed by atoms with van der Waals surface area (Å²) in [6.45, 7) is 2.10. The average Bonchev–Trinajstić information content (AvgIpc) is 2.64. The molecular weight excluding hydrogens is 265 g/mol. The zero-order valence-corrected chi connectivity index (χ0v) is 11.7. The van der Waals surface area contributed by atoms with E-state index in [-0.39, 0.29) is 10.8 Å². The smallest absolute Gasteiger partial charge is 0.163 e. The van der Waals surface area contributed by atoms with Gasteiger partial charge in [-0.2, -0.15) is 0 Å². The Kier molecular flexibility index (Phi) is 6.66. The summed E-state index contributed by atoms with van der Waals surface area (Å²) in [5.41, 5.74) is 0.906. The van der Waals surface area contributed by atoms with E-state index >= 15 is 0 Å². The summed E-state index contributed by atoms with van der Waals surface area (Å²) in [6.07, 6.45) is 4.68. The van der Waals surface area contributed by atoms with Gasteiger partial charge in [0.2, 0.25) is 0 Å². The number of hydrogen-bond acceptors (Lipinski definition) is 2. The van der Waals surface area contributed by atoms with E-state index in [1.165, 1.54) is 0 Å². The van der Waals surface area contributed by atoms with Gasteiger partial charge < -0.3 is 4.55 Å². The lowest BCUT2D eigenvalue weighted by Gasteiger charge is -2.14. The summed E-state index contributed by atoms with van der Waals surface area (Å²) in [6, 6.07) is 1.82. The quantitative estimate of drug-likeness (QED) is 0.556. The first kappa shape index (κ1) is 14.2. The molecule has 0 bridgehead atoms. The molecule has 0 aliphatic heterocycles. The molecule has 0 amide bonds. The molecule has 0 radical (unpaired) electrons. The standard InChI is InChI=1S/C11H17Cl2NOS/c1-2-4-10(12)11(13)6-3-5-9-7-8-16(15)14-9/h7-8,10-11H,2-6H2,1H3. The van der Waals surface area contributed by atoms with Crippen molar-refractivity contribution in [2.75, 3.05) is 0 Å². The highest BCUT2D eigenvalue weighted by Crippen LogP contribution is 2.21. The van der Waals surface area contributed by atoms with Crippen LogP contribution in [0.25, 0.3) is 0 Å². The minimum absolute atomic E-state index is 0.0260. The van der Waals surface area contributed by atoms with Gasteiger partial charge in [0.15, 0.2) is 5.38 Å². The van der Waals surface area contributed by atoms with Crippen molar-refractivity contribution >= 4 is 34.1 Å². The Morgan fingerprint density at radius 1 is 1.38 bits per heavy atom. The zero-order valence-electron chi connectivity index (χ0n) is 9.36. The number of rotatable bonds is 7. The second kappa shape index (κ2) is 7.49. The fourth-order valence-corrected chi connectivity index (χ4v) is 2.90. The predicted molar refractivity (Wildman–Crippen MR) is 70.0 cm³/mol. The van der Waals surface area contributed by atoms with E-state index in [0.29, 0.717) is 0 Å². The fraction of sp³-hybridized carbons (Fsp3) is 0.727. The molecule has 0 spiro atoms. The molecule has 1 aromatic heterocycles. The van der Waals surface area contributed by atoms with Gasteiger partial charge in [0.25, 0.3) is 0 Å². The normalized spacial score (nSPS) is 16.1. The largest absolute Gasteiger partial charge is 0.569 e. The van der Waals surface area contributed by atoms with E-state index in [1.54, 1.807) is 5.38 Å². The lowest BCUT2D eigenvalue weighted by Crippen LogP contribution is -2.14. The number of nitrogens with zero attached hydrogens (tertiary/aromatic N) is 1. The van der Waals surface area contributed by atoms with Crippen LogP contribution in [0.2, 0.25) is 0 Å². The minimum Gasteiger partial charge on any atom is -0.569 e. The molecule has 3 unspecified atom stereocenters. The van der Waals surface area contributed by atoms with Gasteiger partial charge in [-0.25, -0.2) is 0 Å². The number of hydrogen-bond donors (Lipinski definition) is 0. The van der Waals surface area contributed by atoms with E-state index in [1.807, 2.05) is 6.07 Å². The minimum atomic E-state index is -1.13. The Bertz CT molecular complexity index is 306. The SMILES string of the molecule is CCCC(Cl)C(Cl)CCCc1cc[s+]([O-])n1. The third kappa shape index (κ3) is 5.00. The van der Waals surface area contributed by atoms with E-state index in [9.17, 15) is 4.55 Å². The van der Waals surface area contributed by atoms with E-state index in [0.717, 1.165) is 37.8 Å². The molecule has 92 valence electrons. The van der Waals surface area contributed by atoms with Crippen molar-refractivity contribution in [3.63, 3.8) is 0 Å². The lowest BCUT2D eigenvalue weighted by atomic mass is 10.1. The maximum absolute atomic E-state index is 10.9. The monoisotopic (exact) mass is 281 g/mol. The Morgan fingerprint density at radius 2 is 2.06 bits per heavy atom. The number of aryl methyl sites for hydroxylation is 1. The summed E-state index contributed by atoms with van der Waals surface area (Å²) in [5.74, 6) is 0. The molecule has 0 saturated heterocycles. The van der Waals surface area contributed by atoms with Gasteiger partial charge in [-0.1, -0.05) is 13.3 Å². The van der Waals surface area contributed by atoms with Gasteiger partial charge in [-0.05, 0) is 30.1 Å². The predicted octanol–water partition coefficient (Wildman–Crippen LogP) is 4.15. The van der Waals surface area contributed by atoms with Crippen LogP contribution in [0.15, 0.2) is 11.4 Å². The molecule has 0 N–H and O–H groups in total. The van der Waals surface area contributed by atoms with Crippen molar-refractivity contribution in [2.24, 2.45) is 0 Å². The average molecular weight is 282 g/mol. The van der Waals surface area contributed by atoms with Crippen LogP contribution in [-0.4, -0.2) is 19.7 Å². The van der Waals surface area contributed by atoms with E-state index in [2.05, 4.69) is 11.3 Å². The Balaban J connectivity index is 2.19. The van der Waals surface area contributed by atoms with Gasteiger partial charge >= 0.3 is 0 Å². The van der Waals surface area contributed by atoms with Crippen LogP contribution >= 0.6 is 34.1 Å². The zero-order chi connectivity index (χ0) is 12.0. The third-order valence-electron chi connectivity index (χ3n) is 2.45. The fourth-order valence-electron chi connectivity index (χ4n) is 1.56. The van der Waals surface area contributed by atoms with Crippen molar-refractivity contribution in [1.29, 1.82) is 0 Å². The van der Waals surface area contributed by atoms with Crippen LogP contribution < -0.4 is 0 Å². The van der Waals surface area contributed by atoms with E-state index in [4.69, 9.17) is 23.2 Å². The summed E-state index contributed by atoms with van der Waals surface area (Å²) in [5, 5.41) is 1.69. The molecule has 5 heteroatoms. The molecule has 1 aromatic rings. The summed E-state index contributed by atoms with van der Waals surface area (Å²) < 4.78 is 14.9. The van der Waals surface area contributed by atoms with Crippen molar-refractivity contribution in [1.82, 2.24) is 4.37 Å². The van der Waals surface area contributed by atoms with Gasteiger partial charge in [0, 0.05) is 16.8 Å². The summed E-state index contributed by atoms with van der Waals surface area (Å²) in [4.78, 5) is 0. The number of aromatic nitrogens is 1. The Hall–Kier alpha value is 0.170. The molecular formula is C11H17Cl2NOS. The first-order chi connectivity index (χ1) is 7.63. The molecule has 16 heavy (non-hydrogen) atoms. The highest BCUT2D eigenvalue weighted by molar-refractivity contribution is 7.17. The molecule has 0 aromatic carbocycles. The highest BCUT2D eigenvalue weighted by Gasteiger charge is 2.15. The van der Waals surface area contributed by atoms with Crippen LogP contribution in [0.1, 0.15) is 38.3 Å². The first-order valence-electron chi connectivity index (χ1n) is 5.58. The first-order valence-corrected chi connectivity index (χ1v) is 7.62. The topological polar surface area (TPSA) is 36.0 Å². The molecule has 3 atom stereocenters. The maximum Gasteiger partial charge on any atom is 0.163 e. The molecule has 1 rings (SSSR count).